The van der Waals surface area contributed by atoms with Crippen LogP contribution in [0.25, 0.3) is 0 Å². The van der Waals surface area contributed by atoms with Gasteiger partial charge in [0.1, 0.15) is 11.3 Å². The van der Waals surface area contributed by atoms with E-state index in [1.807, 2.05) is 30.3 Å². The Morgan fingerprint density at radius 1 is 1.18 bits per heavy atom. The molecule has 1 aliphatic carbocycles. The smallest absolute Gasteiger partial charge is 0.354 e. The van der Waals surface area contributed by atoms with E-state index in [2.05, 4.69) is 15.6 Å². The second-order valence-electron chi connectivity index (χ2n) is 8.80. The SMILES string of the molecule is O=C(O)C1=CCN(OC2(C3CNCCN3)CCCC2C(=O)c2ccco2)C(c2ccccc2)=N1. The van der Waals surface area contributed by atoms with Crippen LogP contribution in [0.5, 0.6) is 0 Å². The molecule has 0 spiro atoms. The molecule has 0 bridgehead atoms. The highest BCUT2D eigenvalue weighted by Gasteiger charge is 2.55. The Bertz CT molecular complexity index is 1090. The molecule has 1 saturated heterocycles. The van der Waals surface area contributed by atoms with Crippen molar-refractivity contribution in [2.45, 2.75) is 30.9 Å². The van der Waals surface area contributed by atoms with Crippen molar-refractivity contribution in [1.82, 2.24) is 15.7 Å². The summed E-state index contributed by atoms with van der Waals surface area (Å²) in [6, 6.07) is 12.7. The number of aliphatic imine (C=N–C) groups is 1. The topological polar surface area (TPSA) is 116 Å². The number of carboxylic acids is 1. The van der Waals surface area contributed by atoms with Crippen molar-refractivity contribution in [2.75, 3.05) is 26.2 Å². The van der Waals surface area contributed by atoms with E-state index < -0.39 is 17.5 Å². The first-order valence-corrected chi connectivity index (χ1v) is 11.6. The number of carboxylic acid groups (broad SMARTS) is 1. The van der Waals surface area contributed by atoms with Crippen LogP contribution in [0.1, 0.15) is 35.4 Å². The molecule has 0 radical (unpaired) electrons. The number of carbonyl (C=O) groups is 2. The zero-order valence-electron chi connectivity index (χ0n) is 18.8. The van der Waals surface area contributed by atoms with Crippen molar-refractivity contribution in [3.8, 4) is 0 Å². The van der Waals surface area contributed by atoms with Crippen molar-refractivity contribution < 1.29 is 24.0 Å². The fraction of sp³-hybridized carbons (Fsp3) is 0.400. The Kier molecular flexibility index (Phi) is 6.32. The highest BCUT2D eigenvalue weighted by atomic mass is 16.7. The van der Waals surface area contributed by atoms with E-state index in [9.17, 15) is 14.7 Å². The molecule has 9 nitrogen and oxygen atoms in total. The lowest BCUT2D eigenvalue weighted by Crippen LogP contribution is -2.65. The minimum absolute atomic E-state index is 0.0279. The highest BCUT2D eigenvalue weighted by molar-refractivity contribution is 6.03. The summed E-state index contributed by atoms with van der Waals surface area (Å²) >= 11 is 0. The molecule has 2 aromatic rings. The summed E-state index contributed by atoms with van der Waals surface area (Å²) in [6.07, 6.45) is 5.23. The van der Waals surface area contributed by atoms with E-state index in [1.54, 1.807) is 17.2 Å². The van der Waals surface area contributed by atoms with Gasteiger partial charge in [-0.3, -0.25) is 9.63 Å². The van der Waals surface area contributed by atoms with E-state index in [1.165, 1.54) is 12.3 Å². The van der Waals surface area contributed by atoms with Gasteiger partial charge in [0.2, 0.25) is 5.78 Å². The molecule has 9 heteroatoms. The fourth-order valence-electron chi connectivity index (χ4n) is 5.22. The van der Waals surface area contributed by atoms with Gasteiger partial charge >= 0.3 is 5.97 Å². The standard InChI is InChI=1S/C25H28N4O5/c30-22(20-9-5-15-33-20)18-8-4-11-25(18,21-16-26-12-13-27-21)34-29-14-10-19(24(31)32)28-23(29)17-6-2-1-3-7-17/h1-3,5-7,9-10,15,18,21,26-27H,4,8,11-14,16H2,(H,31,32). The minimum atomic E-state index is -1.09. The fourth-order valence-corrected chi connectivity index (χ4v) is 5.22. The Morgan fingerprint density at radius 3 is 2.74 bits per heavy atom. The number of nitrogens with one attached hydrogen (secondary N) is 2. The van der Waals surface area contributed by atoms with E-state index >= 15 is 0 Å². The molecule has 3 unspecified atom stereocenters. The lowest BCUT2D eigenvalue weighted by Gasteiger charge is -2.46. The van der Waals surface area contributed by atoms with Crippen molar-refractivity contribution in [1.29, 1.82) is 0 Å². The average molecular weight is 465 g/mol. The molecule has 1 saturated carbocycles. The third kappa shape index (κ3) is 4.18. The predicted molar refractivity (Wildman–Crippen MR) is 124 cm³/mol. The monoisotopic (exact) mass is 464 g/mol. The van der Waals surface area contributed by atoms with Crippen LogP contribution in [0.2, 0.25) is 0 Å². The van der Waals surface area contributed by atoms with Crippen LogP contribution in [0, 0.1) is 5.92 Å². The molecule has 2 aliphatic heterocycles. The van der Waals surface area contributed by atoms with Gasteiger partial charge in [-0.05, 0) is 37.5 Å². The Labute approximate surface area is 197 Å². The molecule has 178 valence electrons. The van der Waals surface area contributed by atoms with Crippen LogP contribution in [-0.4, -0.2) is 65.6 Å². The Hall–Kier alpha value is -3.27. The van der Waals surface area contributed by atoms with Gasteiger partial charge in [0.15, 0.2) is 11.6 Å². The van der Waals surface area contributed by atoms with Crippen molar-refractivity contribution in [3.05, 3.63) is 71.8 Å². The number of hydroxylamine groups is 2. The summed E-state index contributed by atoms with van der Waals surface area (Å²) in [5.74, 6) is -0.843. The molecule has 0 amide bonds. The normalized spacial score (nSPS) is 27.2. The molecular weight excluding hydrogens is 436 g/mol. The number of hydrogen-bond acceptors (Lipinski definition) is 8. The molecule has 3 atom stereocenters. The van der Waals surface area contributed by atoms with Crippen LogP contribution < -0.4 is 10.6 Å². The molecule has 3 N–H and O–H groups in total. The van der Waals surface area contributed by atoms with Gasteiger partial charge in [-0.15, -0.1) is 0 Å². The van der Waals surface area contributed by atoms with Crippen LogP contribution in [-0.2, 0) is 9.63 Å². The number of benzene rings is 1. The largest absolute Gasteiger partial charge is 0.477 e. The zero-order valence-corrected chi connectivity index (χ0v) is 18.8. The lowest BCUT2D eigenvalue weighted by atomic mass is 9.79. The summed E-state index contributed by atoms with van der Waals surface area (Å²) in [4.78, 5) is 36.4. The molecule has 1 aromatic heterocycles. The van der Waals surface area contributed by atoms with Gasteiger partial charge in [0, 0.05) is 25.2 Å². The Balaban J connectivity index is 1.53. The maximum Gasteiger partial charge on any atom is 0.354 e. The van der Waals surface area contributed by atoms with Crippen LogP contribution in [0.4, 0.5) is 0 Å². The second-order valence-corrected chi connectivity index (χ2v) is 8.80. The van der Waals surface area contributed by atoms with E-state index in [-0.39, 0.29) is 24.1 Å². The summed E-state index contributed by atoms with van der Waals surface area (Å²) in [5, 5.41) is 18.2. The number of nitrogens with zero attached hydrogens (tertiary/aromatic N) is 2. The maximum absolute atomic E-state index is 13.5. The Morgan fingerprint density at radius 2 is 2.03 bits per heavy atom. The van der Waals surface area contributed by atoms with Gasteiger partial charge in [0.05, 0.1) is 24.8 Å². The summed E-state index contributed by atoms with van der Waals surface area (Å²) in [5.41, 5.74) is -0.132. The van der Waals surface area contributed by atoms with Crippen LogP contribution in [0.15, 0.2) is 69.9 Å². The molecule has 3 heterocycles. The predicted octanol–water partition coefficient (Wildman–Crippen LogP) is 2.23. The summed E-state index contributed by atoms with van der Waals surface area (Å²) < 4.78 is 5.46. The number of furan rings is 1. The van der Waals surface area contributed by atoms with Crippen LogP contribution >= 0.6 is 0 Å². The molecular formula is C25H28N4O5. The van der Waals surface area contributed by atoms with Gasteiger partial charge in [0.25, 0.3) is 0 Å². The summed E-state index contributed by atoms with van der Waals surface area (Å²) in [7, 11) is 0. The number of hydrogen-bond donors (Lipinski definition) is 3. The van der Waals surface area contributed by atoms with Crippen molar-refractivity contribution in [3.63, 3.8) is 0 Å². The number of piperazine rings is 1. The van der Waals surface area contributed by atoms with Gasteiger partial charge in [-0.25, -0.2) is 14.9 Å². The third-order valence-corrected chi connectivity index (χ3v) is 6.81. The first kappa shape index (κ1) is 22.5. The minimum Gasteiger partial charge on any atom is -0.477 e. The quantitative estimate of drug-likeness (QED) is 0.534. The van der Waals surface area contributed by atoms with Crippen molar-refractivity contribution in [2.24, 2.45) is 10.9 Å². The first-order chi connectivity index (χ1) is 16.6. The van der Waals surface area contributed by atoms with Gasteiger partial charge < -0.3 is 20.2 Å². The van der Waals surface area contributed by atoms with E-state index in [0.717, 1.165) is 25.1 Å². The summed E-state index contributed by atoms with van der Waals surface area (Å²) in [6.45, 7) is 2.47. The first-order valence-electron chi connectivity index (χ1n) is 11.6. The third-order valence-electron chi connectivity index (χ3n) is 6.81. The number of ketones is 1. The molecule has 2 fully saturated rings. The van der Waals surface area contributed by atoms with E-state index in [4.69, 9.17) is 9.25 Å². The number of rotatable bonds is 7. The highest BCUT2D eigenvalue weighted by Crippen LogP contribution is 2.44. The second kappa shape index (κ2) is 9.54. The number of Topliss-reactive ketones (excluding diaryl/α,β-unsaturated/α-hetero) is 1. The zero-order chi connectivity index (χ0) is 23.5. The molecule has 34 heavy (non-hydrogen) atoms. The van der Waals surface area contributed by atoms with Crippen molar-refractivity contribution >= 4 is 17.6 Å². The molecule has 5 rings (SSSR count). The lowest BCUT2D eigenvalue weighted by molar-refractivity contribution is -0.223. The number of amidine groups is 1. The average Bonchev–Trinajstić information content (AvgIpc) is 3.56. The number of carbonyl (C=O) groups excluding carboxylic acids is 1. The maximum atomic E-state index is 13.5. The molecule has 3 aliphatic rings. The van der Waals surface area contributed by atoms with E-state index in [0.29, 0.717) is 31.0 Å². The van der Waals surface area contributed by atoms with Gasteiger partial charge in [-0.1, -0.05) is 30.3 Å². The van der Waals surface area contributed by atoms with Crippen LogP contribution in [0.3, 0.4) is 0 Å². The number of aliphatic carboxylic acids is 1. The van der Waals surface area contributed by atoms with Gasteiger partial charge in [-0.2, -0.15) is 0 Å². The molecule has 1 aromatic carbocycles.